The van der Waals surface area contributed by atoms with Gasteiger partial charge in [0.15, 0.2) is 0 Å². The zero-order valence-electron chi connectivity index (χ0n) is 7.06. The van der Waals surface area contributed by atoms with Crippen LogP contribution < -0.4 is 4.74 Å². The van der Waals surface area contributed by atoms with Crippen LogP contribution in [0.3, 0.4) is 0 Å². The van der Waals surface area contributed by atoms with Gasteiger partial charge in [0.1, 0.15) is 10.6 Å². The van der Waals surface area contributed by atoms with E-state index in [-0.39, 0.29) is 5.78 Å². The van der Waals surface area contributed by atoms with Gasteiger partial charge in [-0.3, -0.25) is 4.79 Å². The van der Waals surface area contributed by atoms with Gasteiger partial charge in [0.2, 0.25) is 0 Å². The molecule has 0 saturated heterocycles. The monoisotopic (exact) mass is 196 g/mol. The molecular formula is C8H8N2O2S. The SMILES string of the molecule is CCOc1ccsc1C(=O)C=[N+]=[N-]. The minimum atomic E-state index is -0.346. The van der Waals surface area contributed by atoms with Crippen LogP contribution in [-0.2, 0) is 0 Å². The molecule has 1 aromatic heterocycles. The predicted molar refractivity (Wildman–Crippen MR) is 49.5 cm³/mol. The number of Topliss-reactive ketones (excluding diaryl/α,β-unsaturated/α-hetero) is 1. The summed E-state index contributed by atoms with van der Waals surface area (Å²) in [4.78, 5) is 14.3. The second-order valence-corrected chi connectivity index (χ2v) is 3.07. The van der Waals surface area contributed by atoms with Crippen molar-refractivity contribution in [1.82, 2.24) is 0 Å². The number of ketones is 1. The quantitative estimate of drug-likeness (QED) is 0.318. The standard InChI is InChI=1S/C8H8N2O2S/c1-2-12-7-3-4-13-8(7)6(11)5-10-9/h3-5H,2H2,1H3. The Bertz CT molecular complexity index is 353. The van der Waals surface area contributed by atoms with E-state index in [0.29, 0.717) is 17.2 Å². The molecule has 0 bridgehead atoms. The maximum atomic E-state index is 11.2. The molecule has 0 N–H and O–H groups in total. The molecule has 0 fully saturated rings. The van der Waals surface area contributed by atoms with Crippen LogP contribution in [-0.4, -0.2) is 23.4 Å². The highest BCUT2D eigenvalue weighted by Crippen LogP contribution is 2.24. The lowest BCUT2D eigenvalue weighted by Gasteiger charge is -1.99. The summed E-state index contributed by atoms with van der Waals surface area (Å²) in [6.07, 6.45) is 0.856. The maximum Gasteiger partial charge on any atom is 0.329 e. The van der Waals surface area contributed by atoms with Crippen LogP contribution in [0, 0.1) is 0 Å². The Balaban J connectivity index is 2.92. The lowest BCUT2D eigenvalue weighted by atomic mass is 10.3. The summed E-state index contributed by atoms with van der Waals surface area (Å²) >= 11 is 1.26. The summed E-state index contributed by atoms with van der Waals surface area (Å²) in [6, 6.07) is 1.71. The average molecular weight is 196 g/mol. The fourth-order valence-electron chi connectivity index (χ4n) is 0.857. The van der Waals surface area contributed by atoms with Crippen LogP contribution in [0.5, 0.6) is 5.75 Å². The van der Waals surface area contributed by atoms with E-state index in [2.05, 4.69) is 4.79 Å². The summed E-state index contributed by atoms with van der Waals surface area (Å²) in [5, 5.41) is 1.75. The first-order valence-electron chi connectivity index (χ1n) is 3.71. The number of carbonyl (C=O) groups excluding carboxylic acids is 1. The Morgan fingerprint density at radius 3 is 3.23 bits per heavy atom. The van der Waals surface area contributed by atoms with E-state index in [0.717, 1.165) is 6.21 Å². The van der Waals surface area contributed by atoms with Crippen LogP contribution in [0.25, 0.3) is 5.53 Å². The van der Waals surface area contributed by atoms with Crippen LogP contribution in [0.2, 0.25) is 0 Å². The molecule has 0 aliphatic rings. The Morgan fingerprint density at radius 1 is 1.85 bits per heavy atom. The molecule has 1 aromatic rings. The van der Waals surface area contributed by atoms with E-state index in [1.54, 1.807) is 11.4 Å². The van der Waals surface area contributed by atoms with E-state index in [1.807, 2.05) is 6.92 Å². The van der Waals surface area contributed by atoms with Crippen molar-refractivity contribution in [2.45, 2.75) is 6.92 Å². The van der Waals surface area contributed by atoms with E-state index in [4.69, 9.17) is 10.3 Å². The average Bonchev–Trinajstić information content (AvgIpc) is 2.54. The first-order valence-corrected chi connectivity index (χ1v) is 4.59. The van der Waals surface area contributed by atoms with Gasteiger partial charge in [-0.25, -0.2) is 0 Å². The summed E-state index contributed by atoms with van der Waals surface area (Å²) in [7, 11) is 0. The second kappa shape index (κ2) is 4.54. The highest BCUT2D eigenvalue weighted by Gasteiger charge is 2.14. The molecule has 0 aliphatic carbocycles. The minimum Gasteiger partial charge on any atom is -0.492 e. The van der Waals surface area contributed by atoms with E-state index < -0.39 is 0 Å². The first-order chi connectivity index (χ1) is 6.29. The highest BCUT2D eigenvalue weighted by molar-refractivity contribution is 7.13. The first kappa shape index (κ1) is 9.64. The van der Waals surface area contributed by atoms with E-state index in [9.17, 15) is 4.79 Å². The van der Waals surface area contributed by atoms with E-state index >= 15 is 0 Å². The zero-order chi connectivity index (χ0) is 9.68. The van der Waals surface area contributed by atoms with Crippen LogP contribution in [0.1, 0.15) is 16.6 Å². The van der Waals surface area contributed by atoms with Gasteiger partial charge >= 0.3 is 6.21 Å². The molecule has 0 spiro atoms. The van der Waals surface area contributed by atoms with Crippen molar-refractivity contribution in [3.63, 3.8) is 0 Å². The lowest BCUT2D eigenvalue weighted by molar-refractivity contribution is 0.00236. The van der Waals surface area contributed by atoms with Crippen LogP contribution in [0.4, 0.5) is 0 Å². The number of thiophene rings is 1. The van der Waals surface area contributed by atoms with Crippen molar-refractivity contribution < 1.29 is 14.3 Å². The molecule has 0 radical (unpaired) electrons. The molecule has 4 nitrogen and oxygen atoms in total. The Kier molecular flexibility index (Phi) is 3.37. The van der Waals surface area contributed by atoms with Crippen molar-refractivity contribution in [3.05, 3.63) is 21.9 Å². The highest BCUT2D eigenvalue weighted by atomic mass is 32.1. The van der Waals surface area contributed by atoms with Crippen molar-refractivity contribution >= 4 is 23.3 Å². The number of rotatable bonds is 4. The largest absolute Gasteiger partial charge is 0.492 e. The number of nitrogens with zero attached hydrogens (tertiary/aromatic N) is 2. The van der Waals surface area contributed by atoms with Gasteiger partial charge in [-0.05, 0) is 18.4 Å². The predicted octanol–water partition coefficient (Wildman–Crippen LogP) is 1.63. The molecule has 13 heavy (non-hydrogen) atoms. The molecule has 0 atom stereocenters. The minimum absolute atomic E-state index is 0.346. The smallest absolute Gasteiger partial charge is 0.329 e. The molecule has 0 unspecified atom stereocenters. The van der Waals surface area contributed by atoms with Gasteiger partial charge in [0.25, 0.3) is 5.78 Å². The number of hydrogen-bond donors (Lipinski definition) is 0. The summed E-state index contributed by atoms with van der Waals surface area (Å²) < 4.78 is 5.19. The number of hydrogen-bond acceptors (Lipinski definition) is 3. The van der Waals surface area contributed by atoms with Gasteiger partial charge in [0.05, 0.1) is 6.61 Å². The fraction of sp³-hybridized carbons (Fsp3) is 0.250. The van der Waals surface area contributed by atoms with Gasteiger partial charge in [-0.2, -0.15) is 4.79 Å². The summed E-state index contributed by atoms with van der Waals surface area (Å²) in [6.45, 7) is 2.35. The van der Waals surface area contributed by atoms with Crippen molar-refractivity contribution in [3.8, 4) is 5.75 Å². The molecule has 1 rings (SSSR count). The number of ether oxygens (including phenoxy) is 1. The molecule has 68 valence electrons. The normalized spacial score (nSPS) is 9.00. The van der Waals surface area contributed by atoms with Crippen LogP contribution in [0.15, 0.2) is 11.4 Å². The third-order valence-electron chi connectivity index (χ3n) is 1.33. The molecule has 0 aromatic carbocycles. The third kappa shape index (κ3) is 2.24. The molecular weight excluding hydrogens is 188 g/mol. The van der Waals surface area contributed by atoms with Crippen LogP contribution >= 0.6 is 11.3 Å². The van der Waals surface area contributed by atoms with Crippen molar-refractivity contribution in [1.29, 1.82) is 0 Å². The second-order valence-electron chi connectivity index (χ2n) is 2.16. The Labute approximate surface area is 79.4 Å². The molecule has 0 saturated carbocycles. The lowest BCUT2D eigenvalue weighted by Crippen LogP contribution is -2.01. The van der Waals surface area contributed by atoms with Gasteiger partial charge in [-0.15, -0.1) is 11.3 Å². The van der Waals surface area contributed by atoms with E-state index in [1.165, 1.54) is 11.3 Å². The fourth-order valence-corrected chi connectivity index (χ4v) is 1.60. The molecule has 5 heteroatoms. The molecule has 0 amide bonds. The molecule has 0 aliphatic heterocycles. The van der Waals surface area contributed by atoms with Gasteiger partial charge in [0, 0.05) is 0 Å². The summed E-state index contributed by atoms with van der Waals surface area (Å²) in [5.41, 5.74) is 8.17. The van der Waals surface area contributed by atoms with Crippen molar-refractivity contribution in [2.24, 2.45) is 0 Å². The Morgan fingerprint density at radius 2 is 2.62 bits per heavy atom. The van der Waals surface area contributed by atoms with Gasteiger partial charge in [-0.1, -0.05) is 0 Å². The topological polar surface area (TPSA) is 62.7 Å². The van der Waals surface area contributed by atoms with Gasteiger partial charge < -0.3 is 10.3 Å². The number of carbonyl (C=O) groups is 1. The van der Waals surface area contributed by atoms with Crippen molar-refractivity contribution in [2.75, 3.05) is 6.61 Å². The maximum absolute atomic E-state index is 11.2. The zero-order valence-corrected chi connectivity index (χ0v) is 7.87. The molecule has 1 heterocycles. The third-order valence-corrected chi connectivity index (χ3v) is 2.24. The summed E-state index contributed by atoms with van der Waals surface area (Å²) in [5.74, 6) is 0.193. The Hall–Kier alpha value is -1.45.